The highest BCUT2D eigenvalue weighted by Crippen LogP contribution is 2.31. The van der Waals surface area contributed by atoms with Crippen molar-refractivity contribution < 1.29 is 4.42 Å². The van der Waals surface area contributed by atoms with Gasteiger partial charge in [0.1, 0.15) is 0 Å². The van der Waals surface area contributed by atoms with E-state index in [1.54, 1.807) is 0 Å². The van der Waals surface area contributed by atoms with Crippen LogP contribution in [0.4, 0.5) is 11.7 Å². The third-order valence-electron chi connectivity index (χ3n) is 3.22. The second-order valence-electron chi connectivity index (χ2n) is 5.88. The van der Waals surface area contributed by atoms with Crippen molar-refractivity contribution in [2.75, 3.05) is 12.4 Å². The summed E-state index contributed by atoms with van der Waals surface area (Å²) >= 11 is 0. The van der Waals surface area contributed by atoms with Gasteiger partial charge in [0.2, 0.25) is 5.89 Å². The first kappa shape index (κ1) is 14.5. The largest absolute Gasteiger partial charge is 0.406 e. The first-order valence-electron chi connectivity index (χ1n) is 6.79. The molecule has 0 bridgehead atoms. The molecule has 0 spiro atoms. The lowest BCUT2D eigenvalue weighted by Gasteiger charge is -2.22. The molecule has 0 radical (unpaired) electrons. The Bertz CT molecular complexity index is 571. The molecule has 0 saturated heterocycles. The average molecular weight is 274 g/mol. The molecule has 1 aromatic heterocycles. The Labute approximate surface area is 119 Å². The molecule has 2 aromatic rings. The molecular weight excluding hydrogens is 252 g/mol. The number of nitrogens with one attached hydrogen (secondary N) is 2. The van der Waals surface area contributed by atoms with Crippen molar-refractivity contribution in [3.8, 4) is 0 Å². The maximum atomic E-state index is 5.61. The van der Waals surface area contributed by atoms with Crippen molar-refractivity contribution in [1.29, 1.82) is 0 Å². The number of hydrogen-bond acceptors (Lipinski definition) is 5. The molecule has 0 amide bonds. The Morgan fingerprint density at radius 1 is 1.15 bits per heavy atom. The Balaban J connectivity index is 2.25. The number of aromatic nitrogens is 2. The van der Waals surface area contributed by atoms with Gasteiger partial charge in [-0.3, -0.25) is 0 Å². The molecule has 5 heteroatoms. The number of anilines is 2. The predicted octanol–water partition coefficient (Wildman–Crippen LogP) is 3.39. The summed E-state index contributed by atoms with van der Waals surface area (Å²) in [6, 6.07) is 8.61. The molecule has 1 aromatic carbocycles. The van der Waals surface area contributed by atoms with E-state index >= 15 is 0 Å². The number of para-hydroxylation sites is 1. The average Bonchev–Trinajstić information content (AvgIpc) is 2.86. The van der Waals surface area contributed by atoms with Gasteiger partial charge in [0.05, 0.1) is 6.04 Å². The highest BCUT2D eigenvalue weighted by molar-refractivity contribution is 5.59. The van der Waals surface area contributed by atoms with Crippen molar-refractivity contribution in [1.82, 2.24) is 15.5 Å². The molecule has 0 saturated carbocycles. The van der Waals surface area contributed by atoms with Gasteiger partial charge in [-0.2, -0.15) is 0 Å². The summed E-state index contributed by atoms with van der Waals surface area (Å²) in [4.78, 5) is 0. The fourth-order valence-electron chi connectivity index (χ4n) is 1.94. The zero-order valence-electron chi connectivity index (χ0n) is 12.7. The maximum absolute atomic E-state index is 5.61. The topological polar surface area (TPSA) is 63.0 Å². The predicted molar refractivity (Wildman–Crippen MR) is 80.2 cm³/mol. The lowest BCUT2D eigenvalue weighted by atomic mass is 9.86. The molecule has 20 heavy (non-hydrogen) atoms. The molecule has 0 aliphatic carbocycles. The normalized spacial score (nSPS) is 13.2. The maximum Gasteiger partial charge on any atom is 0.320 e. The van der Waals surface area contributed by atoms with Crippen molar-refractivity contribution in [3.05, 3.63) is 35.7 Å². The minimum Gasteiger partial charge on any atom is -0.406 e. The van der Waals surface area contributed by atoms with Crippen molar-refractivity contribution in [2.45, 2.75) is 39.2 Å². The fourth-order valence-corrected chi connectivity index (χ4v) is 1.94. The van der Waals surface area contributed by atoms with Gasteiger partial charge in [-0.05, 0) is 31.0 Å². The first-order chi connectivity index (χ1) is 9.41. The molecule has 5 nitrogen and oxygen atoms in total. The quantitative estimate of drug-likeness (QED) is 0.894. The summed E-state index contributed by atoms with van der Waals surface area (Å²) in [7, 11) is 1.86. The summed E-state index contributed by atoms with van der Waals surface area (Å²) in [6.07, 6.45) is 0. The van der Waals surface area contributed by atoms with Crippen molar-refractivity contribution in [2.24, 2.45) is 0 Å². The first-order valence-corrected chi connectivity index (χ1v) is 6.79. The molecule has 1 unspecified atom stereocenters. The van der Waals surface area contributed by atoms with E-state index in [-0.39, 0.29) is 11.5 Å². The van der Waals surface area contributed by atoms with Crippen LogP contribution in [-0.2, 0) is 5.41 Å². The van der Waals surface area contributed by atoms with Crippen LogP contribution in [0.2, 0.25) is 0 Å². The molecule has 1 atom stereocenters. The number of rotatable bonds is 4. The van der Waals surface area contributed by atoms with Gasteiger partial charge in [0, 0.05) is 5.69 Å². The number of nitrogens with zero attached hydrogens (tertiary/aromatic N) is 2. The van der Waals surface area contributed by atoms with Crippen molar-refractivity contribution in [3.63, 3.8) is 0 Å². The van der Waals surface area contributed by atoms with Gasteiger partial charge >= 0.3 is 6.01 Å². The fraction of sp³-hybridized carbons (Fsp3) is 0.467. The van der Waals surface area contributed by atoms with E-state index in [4.69, 9.17) is 4.42 Å². The summed E-state index contributed by atoms with van der Waals surface area (Å²) in [6.45, 7) is 8.50. The van der Waals surface area contributed by atoms with Crippen LogP contribution in [0.3, 0.4) is 0 Å². The van der Waals surface area contributed by atoms with E-state index in [1.165, 1.54) is 5.56 Å². The number of hydrogen-bond donors (Lipinski definition) is 2. The van der Waals surface area contributed by atoms with Gasteiger partial charge in [-0.25, -0.2) is 0 Å². The van der Waals surface area contributed by atoms with Crippen LogP contribution in [0.25, 0.3) is 0 Å². The SMILES string of the molecule is CNC(C)c1nnc(Nc2ccccc2C(C)(C)C)o1. The van der Waals surface area contributed by atoms with E-state index in [0.29, 0.717) is 11.9 Å². The summed E-state index contributed by atoms with van der Waals surface area (Å²) in [5.74, 6) is 0.572. The smallest absolute Gasteiger partial charge is 0.320 e. The molecule has 2 N–H and O–H groups in total. The molecule has 0 aliphatic rings. The third-order valence-corrected chi connectivity index (χ3v) is 3.22. The zero-order valence-corrected chi connectivity index (χ0v) is 12.7. The minimum absolute atomic E-state index is 0.0379. The minimum atomic E-state index is 0.0379. The van der Waals surface area contributed by atoms with Gasteiger partial charge < -0.3 is 15.1 Å². The summed E-state index contributed by atoms with van der Waals surface area (Å²) < 4.78 is 5.61. The van der Waals surface area contributed by atoms with Crippen molar-refractivity contribution >= 4 is 11.7 Å². The molecule has 0 aliphatic heterocycles. The van der Waals surface area contributed by atoms with Crippen LogP contribution in [0.15, 0.2) is 28.7 Å². The van der Waals surface area contributed by atoms with Crippen LogP contribution in [0.5, 0.6) is 0 Å². The van der Waals surface area contributed by atoms with E-state index < -0.39 is 0 Å². The van der Waals surface area contributed by atoms with E-state index in [0.717, 1.165) is 5.69 Å². The van der Waals surface area contributed by atoms with Gasteiger partial charge in [-0.15, -0.1) is 5.10 Å². The van der Waals surface area contributed by atoms with Crippen LogP contribution in [0, 0.1) is 0 Å². The van der Waals surface area contributed by atoms with Crippen LogP contribution in [0.1, 0.15) is 45.2 Å². The highest BCUT2D eigenvalue weighted by Gasteiger charge is 2.19. The van der Waals surface area contributed by atoms with Gasteiger partial charge in [-0.1, -0.05) is 44.1 Å². The molecular formula is C15H22N4O. The van der Waals surface area contributed by atoms with Gasteiger partial charge in [0.25, 0.3) is 0 Å². The third kappa shape index (κ3) is 3.17. The second kappa shape index (κ2) is 5.63. The Morgan fingerprint density at radius 2 is 1.85 bits per heavy atom. The monoisotopic (exact) mass is 274 g/mol. The van der Waals surface area contributed by atoms with E-state index in [9.17, 15) is 0 Å². The Kier molecular flexibility index (Phi) is 4.09. The molecule has 0 fully saturated rings. The van der Waals surface area contributed by atoms with Crippen LogP contribution < -0.4 is 10.6 Å². The highest BCUT2D eigenvalue weighted by atomic mass is 16.4. The zero-order chi connectivity index (χ0) is 14.8. The molecule has 2 rings (SSSR count). The van der Waals surface area contributed by atoms with E-state index in [2.05, 4.69) is 47.7 Å². The van der Waals surface area contributed by atoms with Gasteiger partial charge in [0.15, 0.2) is 0 Å². The lowest BCUT2D eigenvalue weighted by molar-refractivity contribution is 0.443. The van der Waals surface area contributed by atoms with E-state index in [1.807, 2.05) is 32.2 Å². The lowest BCUT2D eigenvalue weighted by Crippen LogP contribution is -2.13. The summed E-state index contributed by atoms with van der Waals surface area (Å²) in [5.41, 5.74) is 2.25. The molecule has 108 valence electrons. The molecule has 1 heterocycles. The number of benzene rings is 1. The standard InChI is InChI=1S/C15H22N4O/c1-10(16-5)13-18-19-14(20-13)17-12-9-7-6-8-11(12)15(2,3)4/h6-10,16H,1-5H3,(H,17,19). The Hall–Kier alpha value is -1.88. The Morgan fingerprint density at radius 3 is 2.50 bits per heavy atom. The van der Waals surface area contributed by atoms with Crippen LogP contribution >= 0.6 is 0 Å². The second-order valence-corrected chi connectivity index (χ2v) is 5.88. The summed E-state index contributed by atoms with van der Waals surface area (Å²) in [5, 5.41) is 14.3. The van der Waals surface area contributed by atoms with Crippen LogP contribution in [-0.4, -0.2) is 17.2 Å².